The molecule has 8 heteroatoms. The molecule has 0 unspecified atom stereocenters. The molecule has 0 radical (unpaired) electrons. The Morgan fingerprint density at radius 2 is 2.00 bits per heavy atom. The fourth-order valence-electron chi connectivity index (χ4n) is 4.84. The molecular formula is C29H34N6OS. The summed E-state index contributed by atoms with van der Waals surface area (Å²) in [4.78, 5) is 25.3. The topological polar surface area (TPSA) is 75.9 Å². The van der Waals surface area contributed by atoms with Gasteiger partial charge in [-0.25, -0.2) is 9.67 Å². The SMILES string of the molecule is CCCc1ccc(-c2nn(-c3ccccc3C)c3c2CCc2nc(NC(=O)CCCN(C)C)sc2-3)cn1. The number of amides is 1. The second kappa shape index (κ2) is 10.9. The molecular weight excluding hydrogens is 480 g/mol. The van der Waals surface area contributed by atoms with E-state index in [9.17, 15) is 4.79 Å². The fourth-order valence-corrected chi connectivity index (χ4v) is 5.92. The van der Waals surface area contributed by atoms with Gasteiger partial charge < -0.3 is 10.2 Å². The van der Waals surface area contributed by atoms with Crippen molar-refractivity contribution in [2.45, 2.75) is 52.4 Å². The zero-order valence-corrected chi connectivity index (χ0v) is 22.9. The number of nitrogens with zero attached hydrogens (tertiary/aromatic N) is 5. The van der Waals surface area contributed by atoms with Gasteiger partial charge >= 0.3 is 0 Å². The summed E-state index contributed by atoms with van der Waals surface area (Å²) in [6, 6.07) is 12.6. The standard InChI is InChI=1S/C29H34N6OS/c1-5-9-21-14-13-20(18-30-21)26-22-15-16-23-28(27(22)35(33-26)24-11-7-6-10-19(24)2)37-29(31-23)32-25(36)12-8-17-34(3)4/h6-7,10-11,13-14,18H,5,8-9,12,15-17H2,1-4H3,(H,31,32,36). The molecule has 0 saturated heterocycles. The van der Waals surface area contributed by atoms with E-state index in [4.69, 9.17) is 15.1 Å². The summed E-state index contributed by atoms with van der Waals surface area (Å²) in [5.74, 6) is 0.0134. The van der Waals surface area contributed by atoms with E-state index >= 15 is 0 Å². The van der Waals surface area contributed by atoms with Crippen molar-refractivity contribution in [3.8, 4) is 27.5 Å². The molecule has 1 aliphatic rings. The number of hydrogen-bond acceptors (Lipinski definition) is 6. The van der Waals surface area contributed by atoms with E-state index in [1.807, 2.05) is 32.4 Å². The number of thiazole rings is 1. The van der Waals surface area contributed by atoms with Gasteiger partial charge in [-0.1, -0.05) is 42.9 Å². The van der Waals surface area contributed by atoms with Crippen LogP contribution in [0.5, 0.6) is 0 Å². The monoisotopic (exact) mass is 514 g/mol. The summed E-state index contributed by atoms with van der Waals surface area (Å²) < 4.78 is 2.07. The number of fused-ring (bicyclic) bond motifs is 3. The van der Waals surface area contributed by atoms with Crippen LogP contribution < -0.4 is 5.32 Å². The van der Waals surface area contributed by atoms with Gasteiger partial charge in [0.05, 0.1) is 27.6 Å². The lowest BCUT2D eigenvalue weighted by Gasteiger charge is -2.15. The van der Waals surface area contributed by atoms with Gasteiger partial charge in [0.25, 0.3) is 0 Å². The summed E-state index contributed by atoms with van der Waals surface area (Å²) in [5, 5.41) is 8.86. The molecule has 0 aliphatic heterocycles. The van der Waals surface area contributed by atoms with Crippen LogP contribution in [-0.4, -0.2) is 51.2 Å². The Bertz CT molecular complexity index is 1400. The Balaban J connectivity index is 1.54. The number of para-hydroxylation sites is 1. The number of benzene rings is 1. The third-order valence-electron chi connectivity index (χ3n) is 6.71. The number of aromatic nitrogens is 4. The third-order valence-corrected chi connectivity index (χ3v) is 7.73. The molecule has 3 aromatic heterocycles. The molecule has 37 heavy (non-hydrogen) atoms. The summed E-state index contributed by atoms with van der Waals surface area (Å²) in [6.45, 7) is 5.17. The zero-order valence-electron chi connectivity index (χ0n) is 22.0. The second-order valence-electron chi connectivity index (χ2n) is 9.91. The lowest BCUT2D eigenvalue weighted by molar-refractivity contribution is -0.116. The number of aryl methyl sites for hydroxylation is 3. The van der Waals surface area contributed by atoms with Gasteiger partial charge in [0.2, 0.25) is 5.91 Å². The van der Waals surface area contributed by atoms with E-state index < -0.39 is 0 Å². The van der Waals surface area contributed by atoms with Crippen molar-refractivity contribution in [1.82, 2.24) is 24.6 Å². The number of pyridine rings is 1. The number of anilines is 1. The van der Waals surface area contributed by atoms with Crippen molar-refractivity contribution in [2.75, 3.05) is 26.0 Å². The Morgan fingerprint density at radius 3 is 2.73 bits per heavy atom. The Labute approximate surface area is 222 Å². The quantitative estimate of drug-likeness (QED) is 0.310. The van der Waals surface area contributed by atoms with Gasteiger partial charge in [-0.2, -0.15) is 5.10 Å². The maximum atomic E-state index is 12.6. The first-order valence-corrected chi connectivity index (χ1v) is 13.8. The van der Waals surface area contributed by atoms with E-state index in [0.29, 0.717) is 11.6 Å². The highest BCUT2D eigenvalue weighted by Crippen LogP contribution is 2.44. The Morgan fingerprint density at radius 1 is 1.16 bits per heavy atom. The van der Waals surface area contributed by atoms with Crippen LogP contribution >= 0.6 is 11.3 Å². The minimum atomic E-state index is 0.0134. The van der Waals surface area contributed by atoms with Crippen molar-refractivity contribution in [2.24, 2.45) is 0 Å². The molecule has 1 amide bonds. The van der Waals surface area contributed by atoms with Gasteiger partial charge in [0, 0.05) is 29.4 Å². The molecule has 7 nitrogen and oxygen atoms in total. The first-order chi connectivity index (χ1) is 17.9. The van der Waals surface area contributed by atoms with Crippen LogP contribution in [0.3, 0.4) is 0 Å². The predicted molar refractivity (Wildman–Crippen MR) is 150 cm³/mol. The third kappa shape index (κ3) is 5.36. The molecule has 192 valence electrons. The van der Waals surface area contributed by atoms with Crippen LogP contribution in [0.15, 0.2) is 42.6 Å². The lowest BCUT2D eigenvalue weighted by atomic mass is 9.95. The Hall–Kier alpha value is -3.36. The number of carbonyl (C=O) groups excluding carboxylic acids is 1. The Kier molecular flexibility index (Phi) is 7.48. The van der Waals surface area contributed by atoms with Gasteiger partial charge in [0.1, 0.15) is 0 Å². The predicted octanol–water partition coefficient (Wildman–Crippen LogP) is 5.70. The van der Waals surface area contributed by atoms with E-state index in [1.165, 1.54) is 5.56 Å². The molecule has 0 spiro atoms. The first kappa shape index (κ1) is 25.3. The van der Waals surface area contributed by atoms with Crippen molar-refractivity contribution >= 4 is 22.4 Å². The van der Waals surface area contributed by atoms with Crippen LogP contribution in [0.25, 0.3) is 27.5 Å². The van der Waals surface area contributed by atoms with E-state index in [-0.39, 0.29) is 5.91 Å². The van der Waals surface area contributed by atoms with E-state index in [1.54, 1.807) is 11.3 Å². The smallest absolute Gasteiger partial charge is 0.226 e. The van der Waals surface area contributed by atoms with E-state index in [0.717, 1.165) is 83.1 Å². The zero-order chi connectivity index (χ0) is 25.9. The van der Waals surface area contributed by atoms with Crippen molar-refractivity contribution in [3.05, 3.63) is 65.1 Å². The minimum Gasteiger partial charge on any atom is -0.309 e. The summed E-state index contributed by atoms with van der Waals surface area (Å²) >= 11 is 1.55. The molecule has 0 bridgehead atoms. The van der Waals surface area contributed by atoms with Crippen LogP contribution in [0, 0.1) is 6.92 Å². The average molecular weight is 515 g/mol. The van der Waals surface area contributed by atoms with Crippen molar-refractivity contribution in [3.63, 3.8) is 0 Å². The van der Waals surface area contributed by atoms with Gasteiger partial charge in [-0.3, -0.25) is 9.78 Å². The summed E-state index contributed by atoms with van der Waals surface area (Å²) in [5.41, 5.74) is 8.64. The summed E-state index contributed by atoms with van der Waals surface area (Å²) in [7, 11) is 4.04. The first-order valence-electron chi connectivity index (χ1n) is 13.0. The maximum absolute atomic E-state index is 12.6. The number of hydrogen-bond donors (Lipinski definition) is 1. The van der Waals surface area contributed by atoms with Crippen LogP contribution in [0.2, 0.25) is 0 Å². The molecule has 3 heterocycles. The average Bonchev–Trinajstić information content (AvgIpc) is 3.46. The number of rotatable bonds is 9. The van der Waals surface area contributed by atoms with Gasteiger partial charge in [-0.05, 0) is 77.0 Å². The molecule has 1 aromatic carbocycles. The molecule has 5 rings (SSSR count). The highest BCUT2D eigenvalue weighted by Gasteiger charge is 2.30. The largest absolute Gasteiger partial charge is 0.309 e. The molecule has 1 aliphatic carbocycles. The molecule has 0 atom stereocenters. The molecule has 0 saturated carbocycles. The van der Waals surface area contributed by atoms with E-state index in [2.05, 4.69) is 53.0 Å². The molecule has 1 N–H and O–H groups in total. The van der Waals surface area contributed by atoms with Crippen molar-refractivity contribution < 1.29 is 4.79 Å². The highest BCUT2D eigenvalue weighted by atomic mass is 32.1. The highest BCUT2D eigenvalue weighted by molar-refractivity contribution is 7.19. The van der Waals surface area contributed by atoms with Crippen molar-refractivity contribution in [1.29, 1.82) is 0 Å². The number of carbonyl (C=O) groups is 1. The maximum Gasteiger partial charge on any atom is 0.226 e. The van der Waals surface area contributed by atoms with Crippen LogP contribution in [-0.2, 0) is 24.1 Å². The van der Waals surface area contributed by atoms with Gasteiger partial charge in [0.15, 0.2) is 5.13 Å². The van der Waals surface area contributed by atoms with Crippen LogP contribution in [0.1, 0.15) is 48.7 Å². The fraction of sp³-hybridized carbons (Fsp3) is 0.379. The lowest BCUT2D eigenvalue weighted by Crippen LogP contribution is -2.17. The normalized spacial score (nSPS) is 12.5. The summed E-state index contributed by atoms with van der Waals surface area (Å²) in [6.07, 6.45) is 6.99. The minimum absolute atomic E-state index is 0.0134. The number of nitrogens with one attached hydrogen (secondary N) is 1. The second-order valence-corrected chi connectivity index (χ2v) is 10.9. The molecule has 4 aromatic rings. The molecule has 0 fully saturated rings. The van der Waals surface area contributed by atoms with Crippen LogP contribution in [0.4, 0.5) is 5.13 Å². The van der Waals surface area contributed by atoms with Gasteiger partial charge in [-0.15, -0.1) is 0 Å².